The van der Waals surface area contributed by atoms with Crippen LogP contribution in [0.25, 0.3) is 10.2 Å². The third-order valence-corrected chi connectivity index (χ3v) is 6.05. The number of anilines is 1. The molecule has 0 spiro atoms. The number of hydrogen-bond acceptors (Lipinski definition) is 4. The van der Waals surface area contributed by atoms with Gasteiger partial charge in [0.2, 0.25) is 0 Å². The molecule has 3 rings (SSSR count). The van der Waals surface area contributed by atoms with Gasteiger partial charge in [-0.1, -0.05) is 50.5 Å². The van der Waals surface area contributed by atoms with Gasteiger partial charge in [-0.25, -0.2) is 4.98 Å². The second-order valence-corrected chi connectivity index (χ2v) is 9.11. The molecule has 0 fully saturated rings. The number of nitrogens with zero attached hydrogens (tertiary/aromatic N) is 3. The number of aromatic nitrogens is 1. The Balaban J connectivity index is 0.00000280. The number of carbonyl (C=O) groups is 1. The molecule has 28 heavy (non-hydrogen) atoms. The van der Waals surface area contributed by atoms with Crippen LogP contribution in [0.3, 0.4) is 0 Å². The summed E-state index contributed by atoms with van der Waals surface area (Å²) in [4.78, 5) is 21.7. The Kier molecular flexibility index (Phi) is 8.55. The van der Waals surface area contributed by atoms with E-state index in [9.17, 15) is 4.79 Å². The van der Waals surface area contributed by atoms with Gasteiger partial charge in [-0.15, -0.1) is 12.4 Å². The van der Waals surface area contributed by atoms with E-state index in [4.69, 9.17) is 23.2 Å². The maximum atomic E-state index is 13.2. The summed E-state index contributed by atoms with van der Waals surface area (Å²) in [6, 6.07) is 10.8. The summed E-state index contributed by atoms with van der Waals surface area (Å²) in [5.41, 5.74) is 1.29. The third-order valence-electron chi connectivity index (χ3n) is 3.96. The number of halogens is 4. The number of benzene rings is 2. The Morgan fingerprint density at radius 3 is 2.57 bits per heavy atom. The zero-order valence-corrected chi connectivity index (χ0v) is 20.0. The van der Waals surface area contributed by atoms with Crippen molar-refractivity contribution >= 4 is 84.1 Å². The maximum Gasteiger partial charge on any atom is 0.261 e. The predicted octanol–water partition coefficient (Wildman–Crippen LogP) is 6.39. The Morgan fingerprint density at radius 2 is 1.89 bits per heavy atom. The number of rotatable bonds is 6. The zero-order chi connectivity index (χ0) is 19.6. The molecule has 0 saturated carbocycles. The molecule has 0 aliphatic carbocycles. The highest BCUT2D eigenvalue weighted by Gasteiger charge is 2.23. The minimum absolute atomic E-state index is 0. The van der Waals surface area contributed by atoms with E-state index >= 15 is 0 Å². The van der Waals surface area contributed by atoms with Crippen LogP contribution in [0.1, 0.15) is 16.8 Å². The Morgan fingerprint density at radius 1 is 1.14 bits per heavy atom. The fourth-order valence-corrected chi connectivity index (χ4v) is 4.67. The van der Waals surface area contributed by atoms with E-state index in [0.29, 0.717) is 27.3 Å². The molecule has 0 unspecified atom stereocenters. The van der Waals surface area contributed by atoms with Gasteiger partial charge >= 0.3 is 0 Å². The topological polar surface area (TPSA) is 36.4 Å². The van der Waals surface area contributed by atoms with Gasteiger partial charge in [0.05, 0.1) is 20.8 Å². The molecular weight excluding hydrogens is 505 g/mol. The summed E-state index contributed by atoms with van der Waals surface area (Å²) >= 11 is 17.2. The summed E-state index contributed by atoms with van der Waals surface area (Å²) in [6.07, 6.45) is 0.823. The summed E-state index contributed by atoms with van der Waals surface area (Å²) in [5.74, 6) is -0.173. The van der Waals surface area contributed by atoms with Gasteiger partial charge in [-0.05, 0) is 63.5 Å². The molecule has 0 N–H and O–H groups in total. The average Bonchev–Trinajstić information content (AvgIpc) is 3.00. The highest BCUT2D eigenvalue weighted by atomic mass is 79.9. The summed E-state index contributed by atoms with van der Waals surface area (Å²) in [6.45, 7) is 1.42. The molecule has 0 bridgehead atoms. The van der Waals surface area contributed by atoms with Crippen LogP contribution in [0.5, 0.6) is 0 Å². The number of hydrogen-bond donors (Lipinski definition) is 0. The van der Waals surface area contributed by atoms with E-state index < -0.39 is 0 Å². The van der Waals surface area contributed by atoms with E-state index in [1.54, 1.807) is 23.1 Å². The highest BCUT2D eigenvalue weighted by Crippen LogP contribution is 2.32. The fraction of sp³-hybridized carbons (Fsp3) is 0.263. The molecule has 9 heteroatoms. The number of fused-ring (bicyclic) bond motifs is 1. The van der Waals surface area contributed by atoms with Gasteiger partial charge in [-0.2, -0.15) is 0 Å². The average molecular weight is 524 g/mol. The molecule has 1 aromatic heterocycles. The largest absolute Gasteiger partial charge is 0.309 e. The molecule has 0 saturated heterocycles. The van der Waals surface area contributed by atoms with Crippen molar-refractivity contribution in [2.45, 2.75) is 6.42 Å². The van der Waals surface area contributed by atoms with Crippen LogP contribution in [-0.4, -0.2) is 43.0 Å². The van der Waals surface area contributed by atoms with Gasteiger partial charge in [0.25, 0.3) is 5.91 Å². The van der Waals surface area contributed by atoms with Crippen LogP contribution in [0.4, 0.5) is 5.13 Å². The minimum Gasteiger partial charge on any atom is -0.309 e. The maximum absolute atomic E-state index is 13.2. The van der Waals surface area contributed by atoms with Crippen molar-refractivity contribution in [3.05, 3.63) is 56.5 Å². The molecule has 4 nitrogen and oxygen atoms in total. The lowest BCUT2D eigenvalue weighted by molar-refractivity contribution is 0.0986. The van der Waals surface area contributed by atoms with Crippen molar-refractivity contribution in [3.63, 3.8) is 0 Å². The SMILES string of the molecule is CN(C)CCCN(C(=O)c1ccc(Cl)cc1Cl)c1nc2ccc(Br)cc2s1.Cl. The Hall–Kier alpha value is -0.890. The molecule has 0 atom stereocenters. The lowest BCUT2D eigenvalue weighted by Gasteiger charge is -2.21. The van der Waals surface area contributed by atoms with E-state index in [2.05, 4.69) is 25.8 Å². The second-order valence-electron chi connectivity index (χ2n) is 6.35. The first kappa shape index (κ1) is 23.4. The van der Waals surface area contributed by atoms with E-state index in [0.717, 1.165) is 27.7 Å². The molecule has 0 aliphatic rings. The van der Waals surface area contributed by atoms with Crippen molar-refractivity contribution in [3.8, 4) is 0 Å². The van der Waals surface area contributed by atoms with Crippen LogP contribution in [0, 0.1) is 0 Å². The van der Waals surface area contributed by atoms with Crippen LogP contribution in [-0.2, 0) is 0 Å². The minimum atomic E-state index is -0.173. The normalized spacial score (nSPS) is 10.9. The van der Waals surface area contributed by atoms with E-state index in [-0.39, 0.29) is 18.3 Å². The van der Waals surface area contributed by atoms with Crippen molar-refractivity contribution in [2.75, 3.05) is 32.1 Å². The first-order valence-electron chi connectivity index (χ1n) is 8.33. The van der Waals surface area contributed by atoms with Crippen molar-refractivity contribution in [1.29, 1.82) is 0 Å². The number of amides is 1. The van der Waals surface area contributed by atoms with Crippen LogP contribution >= 0.6 is 62.9 Å². The standard InChI is InChI=1S/C19H18BrCl2N3OS.ClH/c1-24(2)8-3-9-25(18(26)14-6-5-13(21)11-15(14)22)19-23-16-7-4-12(20)10-17(16)27-19;/h4-7,10-11H,3,8-9H2,1-2H3;1H. The zero-order valence-electron chi connectivity index (χ0n) is 15.3. The molecule has 3 aromatic rings. The smallest absolute Gasteiger partial charge is 0.261 e. The molecular formula is C19H19BrCl3N3OS. The monoisotopic (exact) mass is 521 g/mol. The lowest BCUT2D eigenvalue weighted by atomic mass is 10.2. The summed E-state index contributed by atoms with van der Waals surface area (Å²) in [7, 11) is 4.02. The van der Waals surface area contributed by atoms with Crippen molar-refractivity contribution < 1.29 is 4.79 Å². The molecule has 0 aliphatic heterocycles. The second kappa shape index (κ2) is 10.2. The Labute approximate surface area is 193 Å². The first-order valence-corrected chi connectivity index (χ1v) is 10.7. The van der Waals surface area contributed by atoms with E-state index in [1.165, 1.54) is 11.3 Å². The lowest BCUT2D eigenvalue weighted by Crippen LogP contribution is -2.33. The number of carbonyl (C=O) groups excluding carboxylic acids is 1. The molecule has 150 valence electrons. The first-order chi connectivity index (χ1) is 12.8. The van der Waals surface area contributed by atoms with Gasteiger partial charge in [-0.3, -0.25) is 9.69 Å². The van der Waals surface area contributed by atoms with Crippen LogP contribution in [0.2, 0.25) is 10.0 Å². The summed E-state index contributed by atoms with van der Waals surface area (Å²) < 4.78 is 2.00. The van der Waals surface area contributed by atoms with Crippen molar-refractivity contribution in [1.82, 2.24) is 9.88 Å². The Bertz CT molecular complexity index is 980. The van der Waals surface area contributed by atoms with Gasteiger partial charge in [0, 0.05) is 16.0 Å². The highest BCUT2D eigenvalue weighted by molar-refractivity contribution is 9.10. The fourth-order valence-electron chi connectivity index (χ4n) is 2.64. The van der Waals surface area contributed by atoms with Crippen LogP contribution < -0.4 is 4.90 Å². The van der Waals surface area contributed by atoms with Gasteiger partial charge < -0.3 is 4.90 Å². The molecule has 1 heterocycles. The molecule has 2 aromatic carbocycles. The van der Waals surface area contributed by atoms with Gasteiger partial charge in [0.1, 0.15) is 0 Å². The van der Waals surface area contributed by atoms with Crippen LogP contribution in [0.15, 0.2) is 40.9 Å². The quantitative estimate of drug-likeness (QED) is 0.376. The summed E-state index contributed by atoms with van der Waals surface area (Å²) in [5, 5.41) is 1.51. The van der Waals surface area contributed by atoms with Crippen molar-refractivity contribution in [2.24, 2.45) is 0 Å². The van der Waals surface area contributed by atoms with Gasteiger partial charge in [0.15, 0.2) is 5.13 Å². The molecule has 0 radical (unpaired) electrons. The molecule has 1 amide bonds. The third kappa shape index (κ3) is 5.59. The predicted molar refractivity (Wildman–Crippen MR) is 126 cm³/mol. The van der Waals surface area contributed by atoms with E-state index in [1.807, 2.05) is 32.3 Å². The number of thiazole rings is 1.